The van der Waals surface area contributed by atoms with Crippen LogP contribution in [-0.2, 0) is 4.79 Å². The maximum atomic E-state index is 12.2. The van der Waals surface area contributed by atoms with Gasteiger partial charge < -0.3 is 10.6 Å². The Bertz CT molecular complexity index is 431. The lowest BCUT2D eigenvalue weighted by molar-refractivity contribution is -0.122. The van der Waals surface area contributed by atoms with Gasteiger partial charge in [0.1, 0.15) is 6.04 Å². The predicted octanol–water partition coefficient (Wildman–Crippen LogP) is 2.07. The fourth-order valence-electron chi connectivity index (χ4n) is 1.74. The first kappa shape index (κ1) is 14.5. The Morgan fingerprint density at radius 3 is 2.33 bits per heavy atom. The minimum atomic E-state index is -0.571. The summed E-state index contributed by atoms with van der Waals surface area (Å²) in [6.45, 7) is 1.94. The fraction of sp³-hybridized carbons (Fsp3) is 0.385. The van der Waals surface area contributed by atoms with E-state index in [1.807, 2.05) is 6.92 Å². The van der Waals surface area contributed by atoms with Crippen LogP contribution in [0.5, 0.6) is 0 Å². The summed E-state index contributed by atoms with van der Waals surface area (Å²) in [5.41, 5.74) is 5.80. The van der Waals surface area contributed by atoms with Crippen molar-refractivity contribution in [1.82, 2.24) is 4.90 Å². The van der Waals surface area contributed by atoms with E-state index in [4.69, 9.17) is 17.3 Å². The maximum absolute atomic E-state index is 12.2. The Morgan fingerprint density at radius 2 is 1.89 bits per heavy atom. The van der Waals surface area contributed by atoms with Crippen molar-refractivity contribution in [3.8, 4) is 0 Å². The zero-order chi connectivity index (χ0) is 13.7. The maximum Gasteiger partial charge on any atom is 0.254 e. The van der Waals surface area contributed by atoms with Gasteiger partial charge in [0.05, 0.1) is 0 Å². The smallest absolute Gasteiger partial charge is 0.254 e. The standard InChI is InChI=1S/C13H17ClN2O2/c1-3-4-11(12(15)17)16(2)13(18)9-5-7-10(14)8-6-9/h5-8,11H,3-4H2,1-2H3,(H2,15,17). The molecule has 1 rings (SSSR count). The molecule has 1 unspecified atom stereocenters. The Labute approximate surface area is 112 Å². The van der Waals surface area contributed by atoms with E-state index < -0.39 is 11.9 Å². The van der Waals surface area contributed by atoms with Crippen LogP contribution in [0.2, 0.25) is 5.02 Å². The van der Waals surface area contributed by atoms with Crippen molar-refractivity contribution >= 4 is 23.4 Å². The summed E-state index contributed by atoms with van der Waals surface area (Å²) in [7, 11) is 1.59. The number of rotatable bonds is 5. The van der Waals surface area contributed by atoms with Gasteiger partial charge >= 0.3 is 0 Å². The third-order valence-corrected chi connectivity index (χ3v) is 3.02. The van der Waals surface area contributed by atoms with Crippen molar-refractivity contribution in [3.63, 3.8) is 0 Å². The molecule has 0 heterocycles. The summed E-state index contributed by atoms with van der Waals surface area (Å²) in [6, 6.07) is 5.97. The van der Waals surface area contributed by atoms with E-state index in [2.05, 4.69) is 0 Å². The van der Waals surface area contributed by atoms with Crippen molar-refractivity contribution < 1.29 is 9.59 Å². The molecule has 0 spiro atoms. The molecule has 4 nitrogen and oxygen atoms in total. The van der Waals surface area contributed by atoms with E-state index in [0.717, 1.165) is 6.42 Å². The molecule has 1 aromatic rings. The van der Waals surface area contributed by atoms with E-state index in [1.165, 1.54) is 4.90 Å². The highest BCUT2D eigenvalue weighted by Crippen LogP contribution is 2.13. The first-order chi connectivity index (χ1) is 8.47. The van der Waals surface area contributed by atoms with Gasteiger partial charge in [0.15, 0.2) is 0 Å². The van der Waals surface area contributed by atoms with Crippen LogP contribution in [0.4, 0.5) is 0 Å². The van der Waals surface area contributed by atoms with Crippen LogP contribution >= 0.6 is 11.6 Å². The molecule has 0 aliphatic heterocycles. The molecule has 0 aliphatic rings. The van der Waals surface area contributed by atoms with Crippen molar-refractivity contribution in [2.45, 2.75) is 25.8 Å². The first-order valence-corrected chi connectivity index (χ1v) is 6.17. The number of carbonyl (C=O) groups excluding carboxylic acids is 2. The molecule has 0 bridgehead atoms. The van der Waals surface area contributed by atoms with E-state index >= 15 is 0 Å². The Morgan fingerprint density at radius 1 is 1.33 bits per heavy atom. The van der Waals surface area contributed by atoms with E-state index in [-0.39, 0.29) is 5.91 Å². The van der Waals surface area contributed by atoms with Crippen LogP contribution in [0.3, 0.4) is 0 Å². The highest BCUT2D eigenvalue weighted by atomic mass is 35.5. The lowest BCUT2D eigenvalue weighted by Gasteiger charge is -2.25. The van der Waals surface area contributed by atoms with Crippen molar-refractivity contribution in [2.24, 2.45) is 5.73 Å². The predicted molar refractivity (Wildman–Crippen MR) is 71.4 cm³/mol. The highest BCUT2D eigenvalue weighted by Gasteiger charge is 2.24. The summed E-state index contributed by atoms with van der Waals surface area (Å²) >= 11 is 5.76. The molecule has 2 N–H and O–H groups in total. The lowest BCUT2D eigenvalue weighted by atomic mass is 10.1. The summed E-state index contributed by atoms with van der Waals surface area (Å²) in [5, 5.41) is 0.564. The molecule has 1 atom stereocenters. The van der Waals surface area contributed by atoms with Gasteiger partial charge in [-0.1, -0.05) is 24.9 Å². The number of likely N-dealkylation sites (N-methyl/N-ethyl adjacent to an activating group) is 1. The number of nitrogens with zero attached hydrogens (tertiary/aromatic N) is 1. The minimum absolute atomic E-state index is 0.232. The summed E-state index contributed by atoms with van der Waals surface area (Å²) in [4.78, 5) is 24.9. The van der Waals surface area contributed by atoms with Gasteiger partial charge in [-0.05, 0) is 30.7 Å². The Hall–Kier alpha value is -1.55. The Kier molecular flexibility index (Phi) is 5.16. The van der Waals surface area contributed by atoms with E-state index in [0.29, 0.717) is 17.0 Å². The second kappa shape index (κ2) is 6.40. The van der Waals surface area contributed by atoms with Gasteiger partial charge in [-0.2, -0.15) is 0 Å². The number of hydrogen-bond donors (Lipinski definition) is 1. The van der Waals surface area contributed by atoms with Gasteiger partial charge in [-0.15, -0.1) is 0 Å². The van der Waals surface area contributed by atoms with Crippen molar-refractivity contribution in [1.29, 1.82) is 0 Å². The molecular formula is C13H17ClN2O2. The number of nitrogens with two attached hydrogens (primary N) is 1. The van der Waals surface area contributed by atoms with Crippen LogP contribution in [0.25, 0.3) is 0 Å². The SMILES string of the molecule is CCCC(C(N)=O)N(C)C(=O)c1ccc(Cl)cc1. The average molecular weight is 269 g/mol. The molecule has 1 aromatic carbocycles. The normalized spacial score (nSPS) is 11.9. The lowest BCUT2D eigenvalue weighted by Crippen LogP contribution is -2.45. The molecule has 0 aliphatic carbocycles. The molecule has 0 aromatic heterocycles. The third kappa shape index (κ3) is 3.47. The molecule has 2 amide bonds. The molecule has 0 saturated heterocycles. The summed E-state index contributed by atoms with van der Waals surface area (Å²) in [6.07, 6.45) is 1.34. The number of primary amides is 1. The van der Waals surface area contributed by atoms with Gasteiger partial charge in [0.2, 0.25) is 5.91 Å². The van der Waals surface area contributed by atoms with Gasteiger partial charge in [0, 0.05) is 17.6 Å². The summed E-state index contributed by atoms with van der Waals surface area (Å²) in [5.74, 6) is -0.717. The number of amides is 2. The second-order valence-corrected chi connectivity index (χ2v) is 4.57. The van der Waals surface area contributed by atoms with Crippen LogP contribution in [0.15, 0.2) is 24.3 Å². The molecule has 98 valence electrons. The van der Waals surface area contributed by atoms with Crippen LogP contribution in [0, 0.1) is 0 Å². The monoisotopic (exact) mass is 268 g/mol. The molecule has 0 fully saturated rings. The topological polar surface area (TPSA) is 63.4 Å². The van der Waals surface area contributed by atoms with E-state index in [1.54, 1.807) is 31.3 Å². The molecular weight excluding hydrogens is 252 g/mol. The number of hydrogen-bond acceptors (Lipinski definition) is 2. The largest absolute Gasteiger partial charge is 0.368 e. The second-order valence-electron chi connectivity index (χ2n) is 4.13. The molecule has 0 radical (unpaired) electrons. The minimum Gasteiger partial charge on any atom is -0.368 e. The average Bonchev–Trinajstić information content (AvgIpc) is 2.35. The van der Waals surface area contributed by atoms with Crippen LogP contribution < -0.4 is 5.73 Å². The van der Waals surface area contributed by atoms with Crippen LogP contribution in [0.1, 0.15) is 30.1 Å². The molecule has 0 saturated carbocycles. The first-order valence-electron chi connectivity index (χ1n) is 5.79. The quantitative estimate of drug-likeness (QED) is 0.888. The fourth-order valence-corrected chi connectivity index (χ4v) is 1.86. The number of carbonyl (C=O) groups is 2. The van der Waals surface area contributed by atoms with Gasteiger partial charge in [-0.3, -0.25) is 9.59 Å². The van der Waals surface area contributed by atoms with Crippen molar-refractivity contribution in [2.75, 3.05) is 7.05 Å². The molecule has 5 heteroatoms. The van der Waals surface area contributed by atoms with Crippen LogP contribution in [-0.4, -0.2) is 29.8 Å². The van der Waals surface area contributed by atoms with E-state index in [9.17, 15) is 9.59 Å². The zero-order valence-corrected chi connectivity index (χ0v) is 11.3. The van der Waals surface area contributed by atoms with Gasteiger partial charge in [-0.25, -0.2) is 0 Å². The molecule has 18 heavy (non-hydrogen) atoms. The number of halogens is 1. The highest BCUT2D eigenvalue weighted by molar-refractivity contribution is 6.30. The third-order valence-electron chi connectivity index (χ3n) is 2.77. The zero-order valence-electron chi connectivity index (χ0n) is 10.5. The van der Waals surface area contributed by atoms with Crippen molar-refractivity contribution in [3.05, 3.63) is 34.9 Å². The Balaban J connectivity index is 2.87. The number of benzene rings is 1. The summed E-state index contributed by atoms with van der Waals surface area (Å²) < 4.78 is 0. The van der Waals surface area contributed by atoms with Gasteiger partial charge in [0.25, 0.3) is 5.91 Å².